The Hall–Kier alpha value is -6.75. The molecule has 0 unspecified atom stereocenters. The van der Waals surface area contributed by atoms with Crippen molar-refractivity contribution in [2.45, 2.75) is 0 Å². The van der Waals surface area contributed by atoms with Gasteiger partial charge in [0.2, 0.25) is 0 Å². The van der Waals surface area contributed by atoms with E-state index in [9.17, 15) is 5.26 Å². The summed E-state index contributed by atoms with van der Waals surface area (Å²) in [7, 11) is 0. The molecule has 50 heavy (non-hydrogen) atoms. The molecular weight excluding hydrogens is 603 g/mol. The third-order valence-corrected chi connectivity index (χ3v) is 11.0. The molecule has 0 radical (unpaired) electrons. The summed E-state index contributed by atoms with van der Waals surface area (Å²) in [4.78, 5) is 0. The molecule has 0 fully saturated rings. The molecule has 0 atom stereocenters. The lowest BCUT2D eigenvalue weighted by molar-refractivity contribution is 1.48. The monoisotopic (exact) mass is 629 g/mol. The molecule has 11 aromatic carbocycles. The number of hydrogen-bond acceptors (Lipinski definition) is 1. The van der Waals surface area contributed by atoms with Gasteiger partial charge in [0, 0.05) is 0 Å². The van der Waals surface area contributed by atoms with E-state index in [4.69, 9.17) is 0 Å². The first-order valence-electron chi connectivity index (χ1n) is 17.2. The van der Waals surface area contributed by atoms with Gasteiger partial charge >= 0.3 is 0 Å². The first-order valence-corrected chi connectivity index (χ1v) is 17.2. The van der Waals surface area contributed by atoms with E-state index >= 15 is 0 Å². The molecule has 1 nitrogen and oxygen atoms in total. The van der Waals surface area contributed by atoms with E-state index in [0.29, 0.717) is 5.56 Å². The van der Waals surface area contributed by atoms with E-state index in [-0.39, 0.29) is 0 Å². The van der Waals surface area contributed by atoms with Crippen molar-refractivity contribution in [1.29, 1.82) is 5.26 Å². The molecule has 0 aromatic heterocycles. The Morgan fingerprint density at radius 1 is 0.300 bits per heavy atom. The molecule has 0 saturated carbocycles. The summed E-state index contributed by atoms with van der Waals surface area (Å²) in [5, 5.41) is 27.6. The highest BCUT2D eigenvalue weighted by Crippen LogP contribution is 2.55. The minimum atomic E-state index is 0.671. The van der Waals surface area contributed by atoms with Crippen LogP contribution in [-0.4, -0.2) is 0 Å². The summed E-state index contributed by atoms with van der Waals surface area (Å²) in [6.45, 7) is 0. The highest BCUT2D eigenvalue weighted by molar-refractivity contribution is 6.45. The molecule has 0 heterocycles. The molecule has 1 heteroatoms. The second-order valence-corrected chi connectivity index (χ2v) is 13.4. The second kappa shape index (κ2) is 10.1. The molecule has 11 aromatic rings. The molecule has 228 valence electrons. The van der Waals surface area contributed by atoms with Crippen LogP contribution in [0, 0.1) is 11.3 Å². The average Bonchev–Trinajstić information content (AvgIpc) is 3.69. The van der Waals surface area contributed by atoms with Crippen LogP contribution in [0.2, 0.25) is 0 Å². The first kappa shape index (κ1) is 27.2. The minimum Gasteiger partial charge on any atom is -0.192 e. The summed E-state index contributed by atoms with van der Waals surface area (Å²) < 4.78 is 0. The molecule has 0 saturated heterocycles. The average molecular weight is 630 g/mol. The summed E-state index contributed by atoms with van der Waals surface area (Å²) in [5.41, 5.74) is 7.98. The van der Waals surface area contributed by atoms with Crippen molar-refractivity contribution in [3.05, 3.63) is 169 Å². The van der Waals surface area contributed by atoms with Crippen molar-refractivity contribution >= 4 is 75.4 Å². The smallest absolute Gasteiger partial charge is 0.0991 e. The summed E-state index contributed by atoms with van der Waals surface area (Å²) in [5.74, 6) is 0. The quantitative estimate of drug-likeness (QED) is 0.178. The highest BCUT2D eigenvalue weighted by atomic mass is 14.3. The molecule has 11 rings (SSSR count). The molecule has 0 aliphatic heterocycles. The van der Waals surface area contributed by atoms with Crippen molar-refractivity contribution in [2.75, 3.05) is 0 Å². The fourth-order valence-electron chi connectivity index (χ4n) is 8.99. The third kappa shape index (κ3) is 3.55. The van der Waals surface area contributed by atoms with Crippen LogP contribution >= 0.6 is 0 Å². The fraction of sp³-hybridized carbons (Fsp3) is 0. The van der Waals surface area contributed by atoms with Crippen LogP contribution in [0.25, 0.3) is 109 Å². The number of nitrogens with zero attached hydrogens (tertiary/aromatic N) is 1. The van der Waals surface area contributed by atoms with E-state index in [2.05, 4.69) is 158 Å². The maximum atomic E-state index is 9.47. The SMILES string of the molecule is N#Cc1ccc(-c2ccc3c4c(-c5ccccc5)c5cc6c7ccccc7c7cccc(c5c(-c5ccccc5)c4c4cccc2c34)c76)cc1. The number of fused-ring (bicyclic) bond motifs is 8. The van der Waals surface area contributed by atoms with E-state index in [1.807, 2.05) is 12.1 Å². The molecular formula is C49H27N. The third-order valence-electron chi connectivity index (χ3n) is 11.0. The zero-order chi connectivity index (χ0) is 32.9. The van der Waals surface area contributed by atoms with Gasteiger partial charge in [0.1, 0.15) is 0 Å². The van der Waals surface area contributed by atoms with Gasteiger partial charge in [-0.25, -0.2) is 0 Å². The van der Waals surface area contributed by atoms with Crippen LogP contribution in [-0.2, 0) is 0 Å². The van der Waals surface area contributed by atoms with Crippen LogP contribution in [0.4, 0.5) is 0 Å². The maximum absolute atomic E-state index is 9.47. The van der Waals surface area contributed by atoms with Gasteiger partial charge < -0.3 is 0 Å². The normalized spacial score (nSPS) is 12.0. The van der Waals surface area contributed by atoms with Crippen LogP contribution in [0.5, 0.6) is 0 Å². The van der Waals surface area contributed by atoms with Gasteiger partial charge in [-0.2, -0.15) is 5.26 Å². The first-order chi connectivity index (χ1) is 24.8. The minimum absolute atomic E-state index is 0.671. The van der Waals surface area contributed by atoms with Gasteiger partial charge in [-0.3, -0.25) is 0 Å². The van der Waals surface area contributed by atoms with Gasteiger partial charge in [-0.05, 0) is 127 Å². The van der Waals surface area contributed by atoms with E-state index in [1.165, 1.54) is 103 Å². The van der Waals surface area contributed by atoms with Crippen LogP contribution in [0.1, 0.15) is 5.56 Å². The maximum Gasteiger partial charge on any atom is 0.0991 e. The Morgan fingerprint density at radius 2 is 0.820 bits per heavy atom. The lowest BCUT2D eigenvalue weighted by Crippen LogP contribution is -1.91. The molecule has 0 aliphatic carbocycles. The van der Waals surface area contributed by atoms with Gasteiger partial charge in [0.05, 0.1) is 11.6 Å². The molecule has 0 bridgehead atoms. The zero-order valence-electron chi connectivity index (χ0n) is 27.0. The van der Waals surface area contributed by atoms with Gasteiger partial charge in [-0.15, -0.1) is 0 Å². The van der Waals surface area contributed by atoms with Crippen molar-refractivity contribution in [1.82, 2.24) is 0 Å². The predicted molar refractivity (Wildman–Crippen MR) is 212 cm³/mol. The molecule has 0 aliphatic rings. The topological polar surface area (TPSA) is 23.8 Å². The van der Waals surface area contributed by atoms with Crippen LogP contribution in [0.3, 0.4) is 0 Å². The van der Waals surface area contributed by atoms with Gasteiger partial charge in [-0.1, -0.05) is 146 Å². The Balaban J connectivity index is 1.44. The van der Waals surface area contributed by atoms with E-state index < -0.39 is 0 Å². The Labute approximate surface area is 288 Å². The largest absolute Gasteiger partial charge is 0.192 e. The van der Waals surface area contributed by atoms with Crippen molar-refractivity contribution < 1.29 is 0 Å². The number of benzene rings is 9. The summed E-state index contributed by atoms with van der Waals surface area (Å²) >= 11 is 0. The van der Waals surface area contributed by atoms with Crippen LogP contribution in [0.15, 0.2) is 164 Å². The highest BCUT2D eigenvalue weighted by Gasteiger charge is 2.26. The molecule has 0 N–H and O–H groups in total. The van der Waals surface area contributed by atoms with Crippen LogP contribution < -0.4 is 0 Å². The fourth-order valence-corrected chi connectivity index (χ4v) is 8.99. The summed E-state index contributed by atoms with van der Waals surface area (Å²) in [6.07, 6.45) is 0. The molecule has 0 amide bonds. The Bertz CT molecular complexity index is 3170. The number of hydrogen-bond donors (Lipinski definition) is 0. The van der Waals surface area contributed by atoms with Gasteiger partial charge in [0.25, 0.3) is 0 Å². The number of nitriles is 1. The lowest BCUT2D eigenvalue weighted by Gasteiger charge is -2.19. The second-order valence-electron chi connectivity index (χ2n) is 13.4. The van der Waals surface area contributed by atoms with Crippen molar-refractivity contribution in [3.8, 4) is 39.4 Å². The number of rotatable bonds is 3. The summed E-state index contributed by atoms with van der Waals surface area (Å²) in [6, 6.07) is 61.9. The van der Waals surface area contributed by atoms with E-state index in [0.717, 1.165) is 5.56 Å². The standard InChI is InChI=1S/C49H27N/c50-28-29-21-23-30(24-22-29)33-25-26-40-45-36(33)17-9-20-39(45)49-44(32-13-5-2-6-14-32)47-38-19-10-18-37-34-15-7-8-16-35(34)41(46(37)38)27-42(47)43(48(40)49)31-11-3-1-4-12-31/h1-27H. The zero-order valence-corrected chi connectivity index (χ0v) is 27.0. The molecule has 0 spiro atoms. The van der Waals surface area contributed by atoms with Gasteiger partial charge in [0.15, 0.2) is 0 Å². The predicted octanol–water partition coefficient (Wildman–Crippen LogP) is 13.5. The van der Waals surface area contributed by atoms with Crippen molar-refractivity contribution in [3.63, 3.8) is 0 Å². The lowest BCUT2D eigenvalue weighted by atomic mass is 9.84. The van der Waals surface area contributed by atoms with Crippen molar-refractivity contribution in [2.24, 2.45) is 0 Å². The Morgan fingerprint density at radius 3 is 1.52 bits per heavy atom. The Kier molecular flexibility index (Phi) is 5.52. The van der Waals surface area contributed by atoms with E-state index in [1.54, 1.807) is 0 Å².